The van der Waals surface area contributed by atoms with E-state index >= 15 is 0 Å². The normalized spacial score (nSPS) is 10.5. The fraction of sp³-hybridized carbons (Fsp3) is 0.158. The molecule has 0 spiro atoms. The summed E-state index contributed by atoms with van der Waals surface area (Å²) in [6, 6.07) is 17.5. The standard InChI is InChI=1S/C19H19N3O/c1-14-3-5-16(6-4-14)13-20-19(23)17-7-9-18(10-8-17)22-15(2)11-12-21-22/h3-12H,13H2,1-2H3,(H,20,23). The van der Waals surface area contributed by atoms with Crippen LogP contribution < -0.4 is 5.32 Å². The van der Waals surface area contributed by atoms with Crippen molar-refractivity contribution in [2.24, 2.45) is 0 Å². The van der Waals surface area contributed by atoms with E-state index in [4.69, 9.17) is 0 Å². The van der Waals surface area contributed by atoms with Crippen molar-refractivity contribution in [2.75, 3.05) is 0 Å². The Balaban J connectivity index is 1.66. The second-order valence-electron chi connectivity index (χ2n) is 5.60. The number of benzene rings is 2. The number of aromatic nitrogens is 2. The van der Waals surface area contributed by atoms with E-state index in [0.717, 1.165) is 16.9 Å². The van der Waals surface area contributed by atoms with E-state index in [9.17, 15) is 4.79 Å². The largest absolute Gasteiger partial charge is 0.348 e. The molecule has 1 heterocycles. The third-order valence-electron chi connectivity index (χ3n) is 3.78. The van der Waals surface area contributed by atoms with Gasteiger partial charge in [-0.1, -0.05) is 29.8 Å². The molecule has 116 valence electrons. The summed E-state index contributed by atoms with van der Waals surface area (Å²) in [7, 11) is 0. The molecule has 3 aromatic rings. The summed E-state index contributed by atoms with van der Waals surface area (Å²) < 4.78 is 1.84. The van der Waals surface area contributed by atoms with Crippen LogP contribution in [0.2, 0.25) is 0 Å². The zero-order valence-electron chi connectivity index (χ0n) is 13.3. The van der Waals surface area contributed by atoms with Gasteiger partial charge in [-0.15, -0.1) is 0 Å². The molecule has 1 N–H and O–H groups in total. The summed E-state index contributed by atoms with van der Waals surface area (Å²) in [4.78, 5) is 12.2. The van der Waals surface area contributed by atoms with Gasteiger partial charge in [0.05, 0.1) is 5.69 Å². The van der Waals surface area contributed by atoms with Crippen LogP contribution in [0.3, 0.4) is 0 Å². The van der Waals surface area contributed by atoms with Crippen LogP contribution in [0.25, 0.3) is 5.69 Å². The summed E-state index contributed by atoms with van der Waals surface area (Å²) in [6.45, 7) is 4.57. The molecular formula is C19H19N3O. The minimum absolute atomic E-state index is 0.0747. The lowest BCUT2D eigenvalue weighted by molar-refractivity contribution is 0.0951. The van der Waals surface area contributed by atoms with E-state index in [2.05, 4.69) is 10.4 Å². The van der Waals surface area contributed by atoms with Gasteiger partial charge in [-0.25, -0.2) is 4.68 Å². The van der Waals surface area contributed by atoms with Crippen LogP contribution in [0.5, 0.6) is 0 Å². The molecule has 0 atom stereocenters. The second kappa shape index (κ2) is 6.48. The molecule has 0 bridgehead atoms. The quantitative estimate of drug-likeness (QED) is 0.803. The molecule has 0 saturated heterocycles. The van der Waals surface area contributed by atoms with E-state index in [1.165, 1.54) is 5.56 Å². The molecular weight excluding hydrogens is 286 g/mol. The van der Waals surface area contributed by atoms with Crippen LogP contribution in [0, 0.1) is 13.8 Å². The summed E-state index contributed by atoms with van der Waals surface area (Å²) >= 11 is 0. The molecule has 0 aliphatic heterocycles. The first-order valence-corrected chi connectivity index (χ1v) is 7.58. The summed E-state index contributed by atoms with van der Waals surface area (Å²) in [6.07, 6.45) is 1.76. The molecule has 1 amide bonds. The van der Waals surface area contributed by atoms with Crippen LogP contribution in [-0.2, 0) is 6.54 Å². The minimum Gasteiger partial charge on any atom is -0.348 e. The molecule has 0 aliphatic rings. The Morgan fingerprint density at radius 1 is 1.00 bits per heavy atom. The van der Waals surface area contributed by atoms with Gasteiger partial charge in [0.25, 0.3) is 5.91 Å². The van der Waals surface area contributed by atoms with Crippen LogP contribution in [0.1, 0.15) is 27.2 Å². The van der Waals surface area contributed by atoms with Crippen LogP contribution in [0.15, 0.2) is 60.8 Å². The maximum absolute atomic E-state index is 12.2. The molecule has 0 aliphatic carbocycles. The summed E-state index contributed by atoms with van der Waals surface area (Å²) in [5, 5.41) is 7.20. The Morgan fingerprint density at radius 2 is 1.70 bits per heavy atom. The number of rotatable bonds is 4. The van der Waals surface area contributed by atoms with Gasteiger partial charge >= 0.3 is 0 Å². The van der Waals surface area contributed by atoms with Crippen molar-refractivity contribution >= 4 is 5.91 Å². The molecule has 4 heteroatoms. The highest BCUT2D eigenvalue weighted by molar-refractivity contribution is 5.94. The fourth-order valence-corrected chi connectivity index (χ4v) is 2.38. The lowest BCUT2D eigenvalue weighted by Gasteiger charge is -2.08. The second-order valence-corrected chi connectivity index (χ2v) is 5.60. The maximum atomic E-state index is 12.2. The van der Waals surface area contributed by atoms with Gasteiger partial charge in [-0.05, 0) is 49.7 Å². The van der Waals surface area contributed by atoms with E-state index in [0.29, 0.717) is 12.1 Å². The molecule has 0 unspecified atom stereocenters. The maximum Gasteiger partial charge on any atom is 0.251 e. The lowest BCUT2D eigenvalue weighted by atomic mass is 10.1. The van der Waals surface area contributed by atoms with Gasteiger partial charge in [-0.3, -0.25) is 4.79 Å². The Morgan fingerprint density at radius 3 is 2.30 bits per heavy atom. The number of hydrogen-bond acceptors (Lipinski definition) is 2. The minimum atomic E-state index is -0.0747. The number of carbonyl (C=O) groups is 1. The molecule has 0 fully saturated rings. The Kier molecular flexibility index (Phi) is 4.24. The topological polar surface area (TPSA) is 46.9 Å². The van der Waals surface area contributed by atoms with Crippen molar-refractivity contribution in [3.05, 3.63) is 83.2 Å². The van der Waals surface area contributed by atoms with Gasteiger partial charge in [-0.2, -0.15) is 5.10 Å². The van der Waals surface area contributed by atoms with E-state index in [-0.39, 0.29) is 5.91 Å². The van der Waals surface area contributed by atoms with E-state index in [1.807, 2.05) is 73.1 Å². The van der Waals surface area contributed by atoms with Crippen LogP contribution in [0.4, 0.5) is 0 Å². The molecule has 1 aromatic heterocycles. The van der Waals surface area contributed by atoms with Gasteiger partial charge in [0, 0.05) is 24.0 Å². The first-order chi connectivity index (χ1) is 11.1. The zero-order valence-corrected chi connectivity index (χ0v) is 13.3. The van der Waals surface area contributed by atoms with Crippen LogP contribution >= 0.6 is 0 Å². The third-order valence-corrected chi connectivity index (χ3v) is 3.78. The first kappa shape index (κ1) is 15.0. The molecule has 0 saturated carbocycles. The molecule has 23 heavy (non-hydrogen) atoms. The summed E-state index contributed by atoms with van der Waals surface area (Å²) in [5.41, 5.74) is 4.95. The molecule has 4 nitrogen and oxygen atoms in total. The molecule has 0 radical (unpaired) electrons. The van der Waals surface area contributed by atoms with Crippen molar-refractivity contribution in [2.45, 2.75) is 20.4 Å². The van der Waals surface area contributed by atoms with Crippen molar-refractivity contribution < 1.29 is 4.79 Å². The highest BCUT2D eigenvalue weighted by atomic mass is 16.1. The predicted octanol–water partition coefficient (Wildman–Crippen LogP) is 3.42. The van der Waals surface area contributed by atoms with Gasteiger partial charge in [0.2, 0.25) is 0 Å². The smallest absolute Gasteiger partial charge is 0.251 e. The van der Waals surface area contributed by atoms with E-state index < -0.39 is 0 Å². The Labute approximate surface area is 135 Å². The van der Waals surface area contributed by atoms with E-state index in [1.54, 1.807) is 6.20 Å². The van der Waals surface area contributed by atoms with Crippen LogP contribution in [-0.4, -0.2) is 15.7 Å². The highest BCUT2D eigenvalue weighted by Gasteiger charge is 2.06. The van der Waals surface area contributed by atoms with Crippen molar-refractivity contribution in [3.8, 4) is 5.69 Å². The highest BCUT2D eigenvalue weighted by Crippen LogP contribution is 2.11. The SMILES string of the molecule is Cc1ccc(CNC(=O)c2ccc(-n3nccc3C)cc2)cc1. The summed E-state index contributed by atoms with van der Waals surface area (Å²) in [5.74, 6) is -0.0747. The number of amides is 1. The van der Waals surface area contributed by atoms with Gasteiger partial charge < -0.3 is 5.32 Å². The zero-order chi connectivity index (χ0) is 16.2. The van der Waals surface area contributed by atoms with Gasteiger partial charge in [0.1, 0.15) is 0 Å². The van der Waals surface area contributed by atoms with Gasteiger partial charge in [0.15, 0.2) is 0 Å². The Hall–Kier alpha value is -2.88. The first-order valence-electron chi connectivity index (χ1n) is 7.58. The number of aryl methyl sites for hydroxylation is 2. The number of carbonyl (C=O) groups excluding carboxylic acids is 1. The van der Waals surface area contributed by atoms with Crippen molar-refractivity contribution in [1.29, 1.82) is 0 Å². The Bertz CT molecular complexity index is 801. The number of hydrogen-bond donors (Lipinski definition) is 1. The predicted molar refractivity (Wildman–Crippen MR) is 90.7 cm³/mol. The molecule has 2 aromatic carbocycles. The monoisotopic (exact) mass is 305 g/mol. The average Bonchev–Trinajstić information content (AvgIpc) is 3.00. The molecule has 3 rings (SSSR count). The fourth-order valence-electron chi connectivity index (χ4n) is 2.38. The van der Waals surface area contributed by atoms with Crippen molar-refractivity contribution in [1.82, 2.24) is 15.1 Å². The number of nitrogens with one attached hydrogen (secondary N) is 1. The van der Waals surface area contributed by atoms with Crippen molar-refractivity contribution in [3.63, 3.8) is 0 Å². The number of nitrogens with zero attached hydrogens (tertiary/aromatic N) is 2. The average molecular weight is 305 g/mol. The third kappa shape index (κ3) is 3.48. The lowest BCUT2D eigenvalue weighted by Crippen LogP contribution is -2.22.